The van der Waals surface area contributed by atoms with Gasteiger partial charge in [-0.1, -0.05) is 18.2 Å². The second kappa shape index (κ2) is 11.2. The number of carbonyl (C=O) groups is 1. The van der Waals surface area contributed by atoms with Gasteiger partial charge in [0.05, 0.1) is 29.5 Å². The maximum absolute atomic E-state index is 14.7. The lowest BCUT2D eigenvalue weighted by Gasteiger charge is -2.34. The van der Waals surface area contributed by atoms with Crippen LogP contribution in [0.15, 0.2) is 35.3 Å². The van der Waals surface area contributed by atoms with Gasteiger partial charge in [-0.3, -0.25) is 14.2 Å². The Hall–Kier alpha value is -3.06. The molecule has 0 aliphatic carbocycles. The lowest BCUT2D eigenvalue weighted by atomic mass is 9.96. The van der Waals surface area contributed by atoms with E-state index >= 15 is 0 Å². The second-order valence-electron chi connectivity index (χ2n) is 10.1. The molecule has 0 unspecified atom stereocenters. The number of nitrogens with zero attached hydrogens (tertiary/aromatic N) is 2. The molecule has 0 saturated carbocycles. The molecular weight excluding hydrogens is 530 g/mol. The highest BCUT2D eigenvalue weighted by molar-refractivity contribution is 5.99. The lowest BCUT2D eigenvalue weighted by molar-refractivity contribution is -0.214. The zero-order valence-electron chi connectivity index (χ0n) is 21.5. The lowest BCUT2D eigenvalue weighted by Crippen LogP contribution is -2.52. The number of aromatic nitrogens is 1. The first kappa shape index (κ1) is 28.9. The molecule has 2 fully saturated rings. The van der Waals surface area contributed by atoms with Crippen molar-refractivity contribution in [3.8, 4) is 0 Å². The van der Waals surface area contributed by atoms with Crippen molar-refractivity contribution in [1.82, 2.24) is 14.8 Å². The van der Waals surface area contributed by atoms with Crippen molar-refractivity contribution >= 4 is 11.6 Å². The summed E-state index contributed by atoms with van der Waals surface area (Å²) in [5.41, 5.74) is -4.90. The molecular formula is C26H30F6N4O3. The van der Waals surface area contributed by atoms with Crippen LogP contribution in [0, 0.1) is 5.82 Å². The Morgan fingerprint density at radius 1 is 1.18 bits per heavy atom. The number of rotatable bonds is 7. The average Bonchev–Trinajstić information content (AvgIpc) is 3.37. The van der Waals surface area contributed by atoms with Crippen LogP contribution in [0.25, 0.3) is 0 Å². The molecule has 3 heterocycles. The summed E-state index contributed by atoms with van der Waals surface area (Å²) in [4.78, 5) is 28.6. The van der Waals surface area contributed by atoms with Gasteiger partial charge in [0.15, 0.2) is 5.54 Å². The Balaban J connectivity index is 1.73. The highest BCUT2D eigenvalue weighted by Gasteiger charge is 2.59. The number of pyridine rings is 1. The van der Waals surface area contributed by atoms with Crippen LogP contribution in [0.5, 0.6) is 0 Å². The number of likely N-dealkylation sites (tertiary alicyclic amines) is 1. The highest BCUT2D eigenvalue weighted by atomic mass is 19.4. The van der Waals surface area contributed by atoms with E-state index in [2.05, 4.69) is 15.5 Å². The summed E-state index contributed by atoms with van der Waals surface area (Å²) in [5, 5.41) is 5.62. The molecule has 1 amide bonds. The fourth-order valence-corrected chi connectivity index (χ4v) is 5.07. The molecule has 0 radical (unpaired) electrons. The largest absolute Gasteiger partial charge is 0.414 e. The van der Waals surface area contributed by atoms with Gasteiger partial charge in [0.25, 0.3) is 17.9 Å². The molecule has 4 rings (SSSR count). The zero-order chi connectivity index (χ0) is 28.5. The van der Waals surface area contributed by atoms with Crippen LogP contribution < -0.4 is 16.2 Å². The van der Waals surface area contributed by atoms with Crippen molar-refractivity contribution in [3.63, 3.8) is 0 Å². The minimum absolute atomic E-state index is 0.0357. The van der Waals surface area contributed by atoms with E-state index in [-0.39, 0.29) is 29.5 Å². The third kappa shape index (κ3) is 5.79. The van der Waals surface area contributed by atoms with Crippen LogP contribution in [0.4, 0.5) is 32.0 Å². The van der Waals surface area contributed by atoms with Crippen molar-refractivity contribution in [2.24, 2.45) is 0 Å². The summed E-state index contributed by atoms with van der Waals surface area (Å²) >= 11 is 0. The van der Waals surface area contributed by atoms with Crippen molar-refractivity contribution < 1.29 is 35.9 Å². The standard InChI is InChI=1S/C26H30F6N4O3/c1-15(17-4-3-5-18(22(17)27)23(28)29)33-24(38)19-13-36(25(26(30,31)32)8-11-39-14-25)21(37)12-20(19)34-16-6-9-35(2)10-7-16/h3-5,12-13,15-16,23,34H,6-11,14H2,1-2H3,(H,33,38)/t15-,25+/m1/s1. The Kier molecular flexibility index (Phi) is 8.31. The quantitative estimate of drug-likeness (QED) is 0.485. The maximum atomic E-state index is 14.7. The number of carbonyl (C=O) groups excluding carboxylic acids is 1. The summed E-state index contributed by atoms with van der Waals surface area (Å²) in [6, 6.07) is 3.09. The van der Waals surface area contributed by atoms with E-state index < -0.39 is 60.1 Å². The predicted molar refractivity (Wildman–Crippen MR) is 132 cm³/mol. The van der Waals surface area contributed by atoms with Gasteiger partial charge in [-0.05, 0) is 39.9 Å². The third-order valence-corrected chi connectivity index (χ3v) is 7.47. The summed E-state index contributed by atoms with van der Waals surface area (Å²) < 4.78 is 89.3. The van der Waals surface area contributed by atoms with Gasteiger partial charge in [-0.25, -0.2) is 13.2 Å². The van der Waals surface area contributed by atoms with Gasteiger partial charge in [0.2, 0.25) is 0 Å². The minimum Gasteiger partial charge on any atom is -0.381 e. The number of hydrogen-bond donors (Lipinski definition) is 2. The summed E-state index contributed by atoms with van der Waals surface area (Å²) in [7, 11) is 1.94. The van der Waals surface area contributed by atoms with Crippen LogP contribution >= 0.6 is 0 Å². The van der Waals surface area contributed by atoms with E-state index in [1.165, 1.54) is 19.1 Å². The highest BCUT2D eigenvalue weighted by Crippen LogP contribution is 2.42. The van der Waals surface area contributed by atoms with Crippen molar-refractivity contribution in [2.75, 3.05) is 38.7 Å². The van der Waals surface area contributed by atoms with Gasteiger partial charge < -0.3 is 20.3 Å². The summed E-state index contributed by atoms with van der Waals surface area (Å²) in [5.74, 6) is -2.08. The molecule has 2 aromatic rings. The van der Waals surface area contributed by atoms with E-state index in [9.17, 15) is 35.9 Å². The van der Waals surface area contributed by atoms with Crippen molar-refractivity contribution in [2.45, 2.75) is 56.4 Å². The molecule has 1 aromatic heterocycles. The molecule has 0 spiro atoms. The smallest absolute Gasteiger partial charge is 0.381 e. The van der Waals surface area contributed by atoms with Gasteiger partial charge >= 0.3 is 6.18 Å². The third-order valence-electron chi connectivity index (χ3n) is 7.47. The Labute approximate surface area is 221 Å². The van der Waals surface area contributed by atoms with Gasteiger partial charge in [-0.15, -0.1) is 0 Å². The molecule has 2 N–H and O–H groups in total. The molecule has 39 heavy (non-hydrogen) atoms. The van der Waals surface area contributed by atoms with Crippen LogP contribution in [0.2, 0.25) is 0 Å². The minimum atomic E-state index is -4.85. The van der Waals surface area contributed by atoms with Gasteiger partial charge in [0, 0.05) is 36.9 Å². The number of ether oxygens (including phenoxy) is 1. The number of hydrogen-bond acceptors (Lipinski definition) is 5. The summed E-state index contributed by atoms with van der Waals surface area (Å²) in [6.45, 7) is 1.83. The van der Waals surface area contributed by atoms with Crippen LogP contribution in [-0.4, -0.2) is 60.9 Å². The van der Waals surface area contributed by atoms with Crippen LogP contribution in [-0.2, 0) is 10.3 Å². The first-order valence-corrected chi connectivity index (χ1v) is 12.6. The number of halogens is 6. The van der Waals surface area contributed by atoms with Gasteiger partial charge in [-0.2, -0.15) is 13.2 Å². The molecule has 7 nitrogen and oxygen atoms in total. The normalized spacial score (nSPS) is 21.8. The Morgan fingerprint density at radius 2 is 1.85 bits per heavy atom. The molecule has 2 atom stereocenters. The molecule has 2 aliphatic heterocycles. The van der Waals surface area contributed by atoms with E-state index in [1.54, 1.807) is 0 Å². The van der Waals surface area contributed by atoms with E-state index in [0.717, 1.165) is 31.4 Å². The number of nitrogens with one attached hydrogen (secondary N) is 2. The number of amides is 1. The van der Waals surface area contributed by atoms with E-state index in [4.69, 9.17) is 4.74 Å². The molecule has 1 aromatic carbocycles. The molecule has 13 heteroatoms. The Morgan fingerprint density at radius 3 is 2.44 bits per heavy atom. The first-order chi connectivity index (χ1) is 18.3. The number of piperidine rings is 1. The zero-order valence-corrected chi connectivity index (χ0v) is 21.5. The number of alkyl halides is 5. The first-order valence-electron chi connectivity index (χ1n) is 12.6. The second-order valence-corrected chi connectivity index (χ2v) is 10.1. The van der Waals surface area contributed by atoms with E-state index in [0.29, 0.717) is 17.4 Å². The average molecular weight is 561 g/mol. The maximum Gasteiger partial charge on any atom is 0.414 e. The monoisotopic (exact) mass is 560 g/mol. The summed E-state index contributed by atoms with van der Waals surface area (Å²) in [6.07, 6.45) is -6.24. The molecule has 0 bridgehead atoms. The van der Waals surface area contributed by atoms with Crippen molar-refractivity contribution in [3.05, 3.63) is 63.3 Å². The molecule has 2 aliphatic rings. The fourth-order valence-electron chi connectivity index (χ4n) is 5.07. The predicted octanol–water partition coefficient (Wildman–Crippen LogP) is 4.60. The van der Waals surface area contributed by atoms with E-state index in [1.807, 2.05) is 7.05 Å². The topological polar surface area (TPSA) is 75.6 Å². The number of anilines is 1. The SMILES string of the molecule is C[C@@H](NC(=O)c1cn([C@@]2(C(F)(F)F)CCOC2)c(=O)cc1NC1CCN(C)CC1)c1cccc(C(F)F)c1F. The van der Waals surface area contributed by atoms with Gasteiger partial charge in [0.1, 0.15) is 5.82 Å². The number of benzene rings is 1. The van der Waals surface area contributed by atoms with Crippen LogP contribution in [0.1, 0.15) is 60.1 Å². The molecule has 214 valence electrons. The fraction of sp³-hybridized carbons (Fsp3) is 0.538. The van der Waals surface area contributed by atoms with Crippen molar-refractivity contribution in [1.29, 1.82) is 0 Å². The van der Waals surface area contributed by atoms with Crippen LogP contribution in [0.3, 0.4) is 0 Å². The Bertz CT molecular complexity index is 1250. The molecule has 2 saturated heterocycles.